The lowest BCUT2D eigenvalue weighted by Gasteiger charge is -2.21. The van der Waals surface area contributed by atoms with Crippen LogP contribution < -0.4 is 16.4 Å². The predicted octanol–water partition coefficient (Wildman–Crippen LogP) is 2.69. The minimum absolute atomic E-state index is 0.162. The van der Waals surface area contributed by atoms with Gasteiger partial charge in [-0.3, -0.25) is 4.99 Å². The minimum atomic E-state index is -0.162. The number of ether oxygens (including phenoxy) is 1. The molecule has 1 saturated heterocycles. The van der Waals surface area contributed by atoms with Gasteiger partial charge >= 0.3 is 0 Å². The van der Waals surface area contributed by atoms with Crippen LogP contribution in [-0.4, -0.2) is 47.6 Å². The Hall–Kier alpha value is -3.05. The quantitative estimate of drug-likeness (QED) is 0.342. The Morgan fingerprint density at radius 1 is 1.35 bits per heavy atom. The molecular weight excluding hydrogens is 390 g/mol. The molecule has 1 unspecified atom stereocenters. The van der Waals surface area contributed by atoms with Crippen molar-refractivity contribution in [2.45, 2.75) is 52.1 Å². The second-order valence-corrected chi connectivity index (χ2v) is 8.19. The molecule has 1 aromatic carbocycles. The van der Waals surface area contributed by atoms with Gasteiger partial charge in [-0.1, -0.05) is 17.7 Å². The van der Waals surface area contributed by atoms with Crippen molar-refractivity contribution in [2.75, 3.05) is 32.0 Å². The summed E-state index contributed by atoms with van der Waals surface area (Å²) in [7, 11) is 0. The minimum Gasteiger partial charge on any atom is -0.382 e. The predicted molar refractivity (Wildman–Crippen MR) is 123 cm³/mol. The summed E-state index contributed by atoms with van der Waals surface area (Å²) in [6.45, 7) is 9.15. The van der Waals surface area contributed by atoms with Gasteiger partial charge in [0.2, 0.25) is 0 Å². The van der Waals surface area contributed by atoms with Crippen LogP contribution in [0.15, 0.2) is 29.3 Å². The first-order chi connectivity index (χ1) is 15.0. The van der Waals surface area contributed by atoms with Crippen LogP contribution >= 0.6 is 0 Å². The highest BCUT2D eigenvalue weighted by Gasteiger charge is 2.29. The number of aryl methyl sites for hydroxylation is 2. The number of hydrogen-bond acceptors (Lipinski definition) is 5. The molecule has 8 nitrogen and oxygen atoms in total. The third kappa shape index (κ3) is 5.76. The van der Waals surface area contributed by atoms with E-state index in [1.165, 1.54) is 0 Å². The zero-order valence-corrected chi connectivity index (χ0v) is 18.7. The molecule has 0 bridgehead atoms. The molecule has 1 atom stereocenters. The van der Waals surface area contributed by atoms with Crippen molar-refractivity contribution < 1.29 is 4.74 Å². The van der Waals surface area contributed by atoms with Crippen molar-refractivity contribution >= 4 is 11.8 Å². The van der Waals surface area contributed by atoms with Crippen molar-refractivity contribution in [1.29, 1.82) is 5.26 Å². The number of benzene rings is 1. The molecule has 1 fully saturated rings. The molecule has 1 aliphatic rings. The fourth-order valence-corrected chi connectivity index (χ4v) is 3.67. The molecule has 1 aromatic heterocycles. The Morgan fingerprint density at radius 3 is 2.77 bits per heavy atom. The number of nitrogens with zero attached hydrogens (tertiary/aromatic N) is 4. The monoisotopic (exact) mass is 423 g/mol. The molecule has 3 rings (SSSR count). The van der Waals surface area contributed by atoms with Crippen molar-refractivity contribution in [2.24, 2.45) is 4.99 Å². The normalized spacial score (nSPS) is 18.7. The summed E-state index contributed by atoms with van der Waals surface area (Å²) in [5.74, 6) is 1.17. The van der Waals surface area contributed by atoms with Crippen molar-refractivity contribution in [3.05, 3.63) is 41.1 Å². The first-order valence-corrected chi connectivity index (χ1v) is 11.0. The van der Waals surface area contributed by atoms with E-state index in [4.69, 9.17) is 10.5 Å². The van der Waals surface area contributed by atoms with Crippen molar-refractivity contribution in [3.8, 4) is 11.8 Å². The van der Waals surface area contributed by atoms with E-state index in [-0.39, 0.29) is 5.60 Å². The SMILES string of the molecule is CCNC(=NCC1(C)CCCO1)NCCCc1nn(-c2ccc(C)cc2)c(N)c1C#N. The van der Waals surface area contributed by atoms with Gasteiger partial charge in [0.15, 0.2) is 5.96 Å². The van der Waals surface area contributed by atoms with Crippen LogP contribution in [0.25, 0.3) is 5.69 Å². The summed E-state index contributed by atoms with van der Waals surface area (Å²) in [5, 5.41) is 20.8. The molecule has 0 spiro atoms. The van der Waals surface area contributed by atoms with Gasteiger partial charge in [-0.25, -0.2) is 4.68 Å². The Kier molecular flexibility index (Phi) is 7.53. The van der Waals surface area contributed by atoms with Crippen LogP contribution in [0.4, 0.5) is 5.82 Å². The highest BCUT2D eigenvalue weighted by molar-refractivity contribution is 5.79. The molecule has 4 N–H and O–H groups in total. The number of anilines is 1. The lowest BCUT2D eigenvalue weighted by atomic mass is 10.0. The second-order valence-electron chi connectivity index (χ2n) is 8.19. The zero-order valence-electron chi connectivity index (χ0n) is 18.7. The van der Waals surface area contributed by atoms with Gasteiger partial charge < -0.3 is 21.1 Å². The third-order valence-electron chi connectivity index (χ3n) is 5.48. The Labute approximate surface area is 184 Å². The van der Waals surface area contributed by atoms with Gasteiger partial charge in [-0.2, -0.15) is 10.4 Å². The van der Waals surface area contributed by atoms with Crippen LogP contribution in [0.1, 0.15) is 49.9 Å². The number of rotatable bonds is 8. The first-order valence-electron chi connectivity index (χ1n) is 11.0. The average molecular weight is 424 g/mol. The highest BCUT2D eigenvalue weighted by Crippen LogP contribution is 2.25. The van der Waals surface area contributed by atoms with Crippen LogP contribution in [0.2, 0.25) is 0 Å². The van der Waals surface area contributed by atoms with Crippen LogP contribution in [0.5, 0.6) is 0 Å². The van der Waals surface area contributed by atoms with Crippen LogP contribution in [0.3, 0.4) is 0 Å². The fourth-order valence-electron chi connectivity index (χ4n) is 3.67. The standard InChI is InChI=1S/C23H33N7O/c1-4-26-22(28-16-23(3)12-6-14-31-23)27-13-5-7-20-19(15-24)21(25)30(29-20)18-10-8-17(2)9-11-18/h8-11H,4-7,12-14,16,25H2,1-3H3,(H2,26,27,28). The number of aliphatic imine (C=N–C) groups is 1. The molecular formula is C23H33N7O. The van der Waals surface area contributed by atoms with E-state index in [0.29, 0.717) is 30.9 Å². The number of hydrogen-bond donors (Lipinski definition) is 3. The van der Waals surface area contributed by atoms with Crippen LogP contribution in [-0.2, 0) is 11.2 Å². The topological polar surface area (TPSA) is 113 Å². The molecule has 2 aromatic rings. The van der Waals surface area contributed by atoms with E-state index >= 15 is 0 Å². The molecule has 0 amide bonds. The van der Waals surface area contributed by atoms with E-state index in [1.54, 1.807) is 4.68 Å². The number of nitrogens with two attached hydrogens (primary N) is 1. The van der Waals surface area contributed by atoms with Gasteiger partial charge in [0.1, 0.15) is 17.5 Å². The van der Waals surface area contributed by atoms with E-state index in [0.717, 1.165) is 55.3 Å². The number of guanidine groups is 1. The van der Waals surface area contributed by atoms with E-state index < -0.39 is 0 Å². The molecule has 31 heavy (non-hydrogen) atoms. The molecule has 0 aliphatic carbocycles. The Balaban J connectivity index is 1.59. The van der Waals surface area contributed by atoms with Crippen molar-refractivity contribution in [3.63, 3.8) is 0 Å². The fraction of sp³-hybridized carbons (Fsp3) is 0.522. The number of nitriles is 1. The lowest BCUT2D eigenvalue weighted by molar-refractivity contribution is 0.0283. The highest BCUT2D eigenvalue weighted by atomic mass is 16.5. The van der Waals surface area contributed by atoms with Gasteiger partial charge in [0.25, 0.3) is 0 Å². The number of aromatic nitrogens is 2. The van der Waals surface area contributed by atoms with Gasteiger partial charge in [-0.05, 0) is 58.6 Å². The molecule has 0 saturated carbocycles. The van der Waals surface area contributed by atoms with E-state index in [9.17, 15) is 5.26 Å². The summed E-state index contributed by atoms with van der Waals surface area (Å²) in [6.07, 6.45) is 3.59. The first kappa shape index (κ1) is 22.6. The maximum absolute atomic E-state index is 9.58. The largest absolute Gasteiger partial charge is 0.382 e. The average Bonchev–Trinajstić information content (AvgIpc) is 3.33. The molecule has 166 valence electrons. The smallest absolute Gasteiger partial charge is 0.191 e. The summed E-state index contributed by atoms with van der Waals surface area (Å²) >= 11 is 0. The van der Waals surface area contributed by atoms with Gasteiger partial charge in [0, 0.05) is 19.7 Å². The molecule has 1 aliphatic heterocycles. The van der Waals surface area contributed by atoms with E-state index in [2.05, 4.69) is 33.7 Å². The summed E-state index contributed by atoms with van der Waals surface area (Å²) in [6, 6.07) is 10.1. The zero-order chi connectivity index (χ0) is 22.3. The van der Waals surface area contributed by atoms with Crippen molar-refractivity contribution in [1.82, 2.24) is 20.4 Å². The number of nitrogens with one attached hydrogen (secondary N) is 2. The summed E-state index contributed by atoms with van der Waals surface area (Å²) < 4.78 is 7.47. The second kappa shape index (κ2) is 10.3. The maximum Gasteiger partial charge on any atom is 0.191 e. The summed E-state index contributed by atoms with van der Waals surface area (Å²) in [5.41, 5.74) is 9.23. The van der Waals surface area contributed by atoms with Gasteiger partial charge in [0.05, 0.1) is 23.5 Å². The lowest BCUT2D eigenvalue weighted by Crippen LogP contribution is -2.39. The van der Waals surface area contributed by atoms with Crippen LogP contribution in [0, 0.1) is 18.3 Å². The Morgan fingerprint density at radius 2 is 2.13 bits per heavy atom. The molecule has 8 heteroatoms. The maximum atomic E-state index is 9.58. The van der Waals surface area contributed by atoms with Gasteiger partial charge in [-0.15, -0.1) is 0 Å². The number of nitrogen functional groups attached to an aromatic ring is 1. The van der Waals surface area contributed by atoms with E-state index in [1.807, 2.05) is 38.1 Å². The third-order valence-corrected chi connectivity index (χ3v) is 5.48. The Bertz CT molecular complexity index is 934. The molecule has 2 heterocycles. The molecule has 0 radical (unpaired) electrons. The summed E-state index contributed by atoms with van der Waals surface area (Å²) in [4.78, 5) is 4.69.